The van der Waals surface area contributed by atoms with Crippen molar-refractivity contribution in [3.05, 3.63) is 45.9 Å². The van der Waals surface area contributed by atoms with Crippen molar-refractivity contribution in [2.24, 2.45) is 0 Å². The number of thiazole rings is 1. The van der Waals surface area contributed by atoms with Crippen molar-refractivity contribution in [3.8, 4) is 5.75 Å². The van der Waals surface area contributed by atoms with Gasteiger partial charge in [0.15, 0.2) is 0 Å². The molecule has 1 N–H and O–H groups in total. The number of hydrogen-bond acceptors (Lipinski definition) is 5. The Bertz CT molecular complexity index is 774. The van der Waals surface area contributed by atoms with Crippen molar-refractivity contribution < 1.29 is 14.3 Å². The van der Waals surface area contributed by atoms with Gasteiger partial charge in [-0.2, -0.15) is 0 Å². The van der Waals surface area contributed by atoms with Gasteiger partial charge >= 0.3 is 0 Å². The number of aromatic nitrogens is 1. The summed E-state index contributed by atoms with van der Waals surface area (Å²) in [5.74, 6) is 0.570. The molecule has 2 amide bonds. The summed E-state index contributed by atoms with van der Waals surface area (Å²) in [6, 6.07) is 7.29. The van der Waals surface area contributed by atoms with Crippen molar-refractivity contribution in [1.82, 2.24) is 15.2 Å². The quantitative estimate of drug-likeness (QED) is 0.516. The molecular weight excluding hydrogens is 386 g/mol. The molecule has 1 aromatic heterocycles. The van der Waals surface area contributed by atoms with Crippen LogP contribution in [-0.2, 0) is 6.54 Å². The van der Waals surface area contributed by atoms with Crippen molar-refractivity contribution >= 4 is 23.2 Å². The highest BCUT2D eigenvalue weighted by Gasteiger charge is 2.18. The first-order valence-electron chi connectivity index (χ1n) is 10.3. The van der Waals surface area contributed by atoms with E-state index in [-0.39, 0.29) is 11.8 Å². The Hall–Kier alpha value is -2.41. The lowest BCUT2D eigenvalue weighted by molar-refractivity contribution is 0.0743. The molecule has 0 radical (unpaired) electrons. The molecule has 29 heavy (non-hydrogen) atoms. The van der Waals surface area contributed by atoms with Crippen molar-refractivity contribution in [2.45, 2.75) is 53.0 Å². The molecule has 0 spiro atoms. The number of nitrogens with one attached hydrogen (secondary N) is 1. The third-order valence-corrected chi connectivity index (χ3v) is 5.13. The Morgan fingerprint density at radius 2 is 1.86 bits per heavy atom. The Morgan fingerprint density at radius 1 is 1.10 bits per heavy atom. The van der Waals surface area contributed by atoms with Gasteiger partial charge in [-0.15, -0.1) is 11.3 Å². The maximum Gasteiger partial charge on any atom is 0.270 e. The predicted octanol–water partition coefficient (Wildman–Crippen LogP) is 4.51. The van der Waals surface area contributed by atoms with Gasteiger partial charge in [0.1, 0.15) is 16.5 Å². The van der Waals surface area contributed by atoms with E-state index in [9.17, 15) is 9.59 Å². The largest absolute Gasteiger partial charge is 0.494 e. The second kappa shape index (κ2) is 12.2. The van der Waals surface area contributed by atoms with Crippen LogP contribution in [0.3, 0.4) is 0 Å². The van der Waals surface area contributed by atoms with Gasteiger partial charge in [-0.1, -0.05) is 27.2 Å². The average molecular weight is 418 g/mol. The van der Waals surface area contributed by atoms with Crippen LogP contribution >= 0.6 is 11.3 Å². The molecule has 0 saturated carbocycles. The van der Waals surface area contributed by atoms with Crippen LogP contribution in [0.15, 0.2) is 29.6 Å². The first-order valence-corrected chi connectivity index (χ1v) is 11.2. The van der Waals surface area contributed by atoms with Crippen LogP contribution in [0.2, 0.25) is 0 Å². The lowest BCUT2D eigenvalue weighted by atomic mass is 10.2. The predicted molar refractivity (Wildman–Crippen MR) is 117 cm³/mol. The number of carbonyl (C=O) groups excluding carboxylic acids is 2. The van der Waals surface area contributed by atoms with E-state index in [1.807, 2.05) is 26.0 Å². The zero-order chi connectivity index (χ0) is 21.1. The maximum atomic E-state index is 13.0. The molecular formula is C22H31N3O3S. The van der Waals surface area contributed by atoms with Crippen LogP contribution in [0.4, 0.5) is 0 Å². The molecule has 2 aromatic rings. The van der Waals surface area contributed by atoms with Crippen LogP contribution < -0.4 is 10.1 Å². The van der Waals surface area contributed by atoms with E-state index in [1.54, 1.807) is 22.4 Å². The third kappa shape index (κ3) is 7.16. The average Bonchev–Trinajstić information content (AvgIpc) is 3.20. The Labute approximate surface area is 177 Å². The zero-order valence-electron chi connectivity index (χ0n) is 17.6. The van der Waals surface area contributed by atoms with Crippen LogP contribution in [0.1, 0.15) is 72.3 Å². The van der Waals surface area contributed by atoms with Crippen molar-refractivity contribution in [3.63, 3.8) is 0 Å². The van der Waals surface area contributed by atoms with Crippen LogP contribution in [-0.4, -0.2) is 41.4 Å². The SMILES string of the molecule is CCCCOc1ccc(C(=O)N(CCC)Cc2nc(C(=O)NCCC)cs2)cc1. The fourth-order valence-electron chi connectivity index (χ4n) is 2.71. The number of hydrogen-bond donors (Lipinski definition) is 1. The number of benzene rings is 1. The van der Waals surface area contributed by atoms with Gasteiger partial charge in [0.2, 0.25) is 0 Å². The smallest absolute Gasteiger partial charge is 0.270 e. The molecule has 7 heteroatoms. The first kappa shape index (κ1) is 22.9. The molecule has 0 atom stereocenters. The fourth-order valence-corrected chi connectivity index (χ4v) is 3.50. The highest BCUT2D eigenvalue weighted by Crippen LogP contribution is 2.18. The van der Waals surface area contributed by atoms with Gasteiger partial charge in [-0.3, -0.25) is 9.59 Å². The lowest BCUT2D eigenvalue weighted by Crippen LogP contribution is -2.31. The van der Waals surface area contributed by atoms with Gasteiger partial charge in [0, 0.05) is 24.0 Å². The van der Waals surface area contributed by atoms with E-state index < -0.39 is 0 Å². The van der Waals surface area contributed by atoms with Gasteiger partial charge < -0.3 is 15.0 Å². The summed E-state index contributed by atoms with van der Waals surface area (Å²) in [5.41, 5.74) is 1.04. The summed E-state index contributed by atoms with van der Waals surface area (Å²) >= 11 is 1.41. The number of rotatable bonds is 12. The first-order chi connectivity index (χ1) is 14.1. The molecule has 1 heterocycles. The summed E-state index contributed by atoms with van der Waals surface area (Å²) in [6.07, 6.45) is 3.82. The van der Waals surface area contributed by atoms with E-state index in [0.29, 0.717) is 37.5 Å². The van der Waals surface area contributed by atoms with E-state index in [2.05, 4.69) is 17.2 Å². The van der Waals surface area contributed by atoms with Gasteiger partial charge in [-0.25, -0.2) is 4.98 Å². The summed E-state index contributed by atoms with van der Waals surface area (Å²) in [7, 11) is 0. The molecule has 6 nitrogen and oxygen atoms in total. The third-order valence-electron chi connectivity index (χ3n) is 4.29. The van der Waals surface area contributed by atoms with Crippen LogP contribution in [0.5, 0.6) is 5.75 Å². The minimum atomic E-state index is -0.165. The number of amides is 2. The van der Waals surface area contributed by atoms with Crippen molar-refractivity contribution in [1.29, 1.82) is 0 Å². The highest BCUT2D eigenvalue weighted by molar-refractivity contribution is 7.09. The van der Waals surface area contributed by atoms with Gasteiger partial charge in [-0.05, 0) is 43.5 Å². The number of ether oxygens (including phenoxy) is 1. The van der Waals surface area contributed by atoms with Gasteiger partial charge in [0.25, 0.3) is 11.8 Å². The highest BCUT2D eigenvalue weighted by atomic mass is 32.1. The second-order valence-corrected chi connectivity index (χ2v) is 7.78. The summed E-state index contributed by atoms with van der Waals surface area (Å²) in [5, 5.41) is 5.33. The summed E-state index contributed by atoms with van der Waals surface area (Å²) in [6.45, 7) is 8.50. The molecule has 2 rings (SSSR count). The van der Waals surface area contributed by atoms with E-state index in [1.165, 1.54) is 11.3 Å². The fraction of sp³-hybridized carbons (Fsp3) is 0.500. The maximum absolute atomic E-state index is 13.0. The number of nitrogens with zero attached hydrogens (tertiary/aromatic N) is 2. The lowest BCUT2D eigenvalue weighted by Gasteiger charge is -2.21. The molecule has 0 saturated heterocycles. The standard InChI is InChI=1S/C22H31N3O3S/c1-4-7-14-28-18-10-8-17(9-11-18)22(27)25(13-6-3)15-20-24-19(16-29-20)21(26)23-12-5-2/h8-11,16H,4-7,12-15H2,1-3H3,(H,23,26). The van der Waals surface area contributed by atoms with E-state index in [4.69, 9.17) is 4.74 Å². The van der Waals surface area contributed by atoms with E-state index in [0.717, 1.165) is 36.4 Å². The summed E-state index contributed by atoms with van der Waals surface area (Å²) < 4.78 is 5.67. The number of carbonyl (C=O) groups is 2. The molecule has 0 unspecified atom stereocenters. The molecule has 1 aromatic carbocycles. The monoisotopic (exact) mass is 417 g/mol. The Balaban J connectivity index is 2.02. The van der Waals surface area contributed by atoms with E-state index >= 15 is 0 Å². The molecule has 0 bridgehead atoms. The minimum Gasteiger partial charge on any atom is -0.494 e. The van der Waals surface area contributed by atoms with Gasteiger partial charge in [0.05, 0.1) is 13.2 Å². The molecule has 0 aliphatic heterocycles. The zero-order valence-corrected chi connectivity index (χ0v) is 18.4. The second-order valence-electron chi connectivity index (χ2n) is 6.84. The molecule has 158 valence electrons. The Morgan fingerprint density at radius 3 is 2.52 bits per heavy atom. The Kier molecular flexibility index (Phi) is 9.64. The molecule has 0 aliphatic carbocycles. The van der Waals surface area contributed by atoms with Crippen LogP contribution in [0.25, 0.3) is 0 Å². The molecule has 0 aliphatic rings. The minimum absolute atomic E-state index is 0.0425. The number of unbranched alkanes of at least 4 members (excludes halogenated alkanes) is 1. The normalized spacial score (nSPS) is 10.6. The molecule has 0 fully saturated rings. The summed E-state index contributed by atoms with van der Waals surface area (Å²) in [4.78, 5) is 31.2. The topological polar surface area (TPSA) is 71.5 Å². The van der Waals surface area contributed by atoms with Crippen molar-refractivity contribution in [2.75, 3.05) is 19.7 Å². The van der Waals surface area contributed by atoms with Crippen LogP contribution in [0, 0.1) is 0 Å².